The van der Waals surface area contributed by atoms with Gasteiger partial charge in [0.05, 0.1) is 17.4 Å². The van der Waals surface area contributed by atoms with Gasteiger partial charge in [-0.25, -0.2) is 0 Å². The summed E-state index contributed by atoms with van der Waals surface area (Å²) < 4.78 is 1.93. The highest BCUT2D eigenvalue weighted by Crippen LogP contribution is 2.20. The van der Waals surface area contributed by atoms with Crippen LogP contribution in [0.4, 0.5) is 0 Å². The highest BCUT2D eigenvalue weighted by Gasteiger charge is 2.17. The van der Waals surface area contributed by atoms with Gasteiger partial charge in [0.2, 0.25) is 0 Å². The summed E-state index contributed by atoms with van der Waals surface area (Å²) in [6, 6.07) is 0.181. The van der Waals surface area contributed by atoms with E-state index in [1.165, 1.54) is 11.3 Å². The number of likely N-dealkylation sites (N-methyl/N-ethyl adjacent to an activating group) is 1. The van der Waals surface area contributed by atoms with Gasteiger partial charge in [-0.3, -0.25) is 14.6 Å². The zero-order chi connectivity index (χ0) is 13.8. The Morgan fingerprint density at radius 3 is 2.63 bits per heavy atom. The summed E-state index contributed by atoms with van der Waals surface area (Å²) >= 11 is 0. The molecule has 0 aromatic carbocycles. The normalized spacial score (nSPS) is 12.6. The summed E-state index contributed by atoms with van der Waals surface area (Å²) in [7, 11) is 1.98. The Balaban J connectivity index is 2.26. The quantitative estimate of drug-likeness (QED) is 0.888. The van der Waals surface area contributed by atoms with E-state index in [1.54, 1.807) is 12.4 Å². The first-order chi connectivity index (χ1) is 9.13. The lowest BCUT2D eigenvalue weighted by Gasteiger charge is -2.17. The molecule has 1 atom stereocenters. The number of hydrogen-bond acceptors (Lipinski definition) is 4. The minimum atomic E-state index is 0.181. The zero-order valence-corrected chi connectivity index (χ0v) is 12.0. The molecule has 5 heteroatoms. The molecule has 0 fully saturated rings. The number of rotatable bonds is 5. The molecule has 0 saturated carbocycles. The molecule has 1 N–H and O–H groups in total. The van der Waals surface area contributed by atoms with Crippen LogP contribution in [-0.4, -0.2) is 26.3 Å². The maximum Gasteiger partial charge on any atom is 0.0759 e. The largest absolute Gasteiger partial charge is 0.309 e. The fourth-order valence-electron chi connectivity index (χ4n) is 2.34. The fraction of sp³-hybridized carbons (Fsp3) is 0.500. The predicted octanol–water partition coefficient (Wildman–Crippen LogP) is 1.72. The lowest BCUT2D eigenvalue weighted by molar-refractivity contribution is 0.532. The van der Waals surface area contributed by atoms with E-state index in [0.717, 1.165) is 24.4 Å². The van der Waals surface area contributed by atoms with Crippen LogP contribution in [0.1, 0.15) is 35.6 Å². The van der Waals surface area contributed by atoms with Crippen LogP contribution in [0.3, 0.4) is 0 Å². The minimum absolute atomic E-state index is 0.181. The van der Waals surface area contributed by atoms with Gasteiger partial charge in [0.15, 0.2) is 0 Å². The van der Waals surface area contributed by atoms with Crippen molar-refractivity contribution in [3.63, 3.8) is 0 Å². The van der Waals surface area contributed by atoms with E-state index < -0.39 is 0 Å². The summed E-state index contributed by atoms with van der Waals surface area (Å²) in [6.07, 6.45) is 6.15. The van der Waals surface area contributed by atoms with Crippen molar-refractivity contribution in [2.75, 3.05) is 6.54 Å². The zero-order valence-electron chi connectivity index (χ0n) is 12.0. The second kappa shape index (κ2) is 5.93. The van der Waals surface area contributed by atoms with Crippen molar-refractivity contribution in [3.8, 4) is 0 Å². The standard InChI is InChI=1S/C14H21N5/c1-5-16-13(14-9-15-6-7-17-14)8-12-10(2)18-19(4)11(12)3/h6-7,9,13,16H,5,8H2,1-4H3. The molecule has 102 valence electrons. The van der Waals surface area contributed by atoms with Gasteiger partial charge in [-0.1, -0.05) is 6.92 Å². The maximum atomic E-state index is 4.47. The Hall–Kier alpha value is -1.75. The molecule has 0 amide bonds. The molecular weight excluding hydrogens is 238 g/mol. The van der Waals surface area contributed by atoms with Crippen molar-refractivity contribution in [1.29, 1.82) is 0 Å². The van der Waals surface area contributed by atoms with E-state index >= 15 is 0 Å². The summed E-state index contributed by atoms with van der Waals surface area (Å²) in [6.45, 7) is 7.17. The van der Waals surface area contributed by atoms with E-state index in [1.807, 2.05) is 17.9 Å². The fourth-order valence-corrected chi connectivity index (χ4v) is 2.34. The summed E-state index contributed by atoms with van der Waals surface area (Å²) in [5.74, 6) is 0. The highest BCUT2D eigenvalue weighted by molar-refractivity contribution is 5.26. The number of aryl methyl sites for hydroxylation is 2. The lowest BCUT2D eigenvalue weighted by Crippen LogP contribution is -2.24. The third kappa shape index (κ3) is 2.98. The molecule has 0 aliphatic heterocycles. The van der Waals surface area contributed by atoms with Gasteiger partial charge in [0, 0.05) is 31.3 Å². The van der Waals surface area contributed by atoms with Gasteiger partial charge in [-0.15, -0.1) is 0 Å². The van der Waals surface area contributed by atoms with E-state index in [2.05, 4.69) is 41.2 Å². The number of nitrogens with zero attached hydrogens (tertiary/aromatic N) is 4. The van der Waals surface area contributed by atoms with Crippen LogP contribution in [0.15, 0.2) is 18.6 Å². The predicted molar refractivity (Wildman–Crippen MR) is 74.8 cm³/mol. The Morgan fingerprint density at radius 1 is 1.32 bits per heavy atom. The Bertz CT molecular complexity index is 532. The molecule has 0 aliphatic carbocycles. The van der Waals surface area contributed by atoms with Crippen LogP contribution >= 0.6 is 0 Å². The lowest BCUT2D eigenvalue weighted by atomic mass is 10.0. The van der Waals surface area contributed by atoms with Crippen LogP contribution in [0.25, 0.3) is 0 Å². The molecule has 2 aromatic rings. The monoisotopic (exact) mass is 259 g/mol. The van der Waals surface area contributed by atoms with Crippen molar-refractivity contribution >= 4 is 0 Å². The molecule has 19 heavy (non-hydrogen) atoms. The molecule has 5 nitrogen and oxygen atoms in total. The first-order valence-corrected chi connectivity index (χ1v) is 6.61. The van der Waals surface area contributed by atoms with Crippen LogP contribution in [0.5, 0.6) is 0 Å². The van der Waals surface area contributed by atoms with Gasteiger partial charge < -0.3 is 5.32 Å². The average molecular weight is 259 g/mol. The van der Waals surface area contributed by atoms with Gasteiger partial charge in [-0.05, 0) is 32.4 Å². The molecule has 2 aromatic heterocycles. The molecular formula is C14H21N5. The van der Waals surface area contributed by atoms with E-state index in [-0.39, 0.29) is 6.04 Å². The third-order valence-electron chi connectivity index (χ3n) is 3.46. The Morgan fingerprint density at radius 2 is 2.11 bits per heavy atom. The number of nitrogens with one attached hydrogen (secondary N) is 1. The number of hydrogen-bond donors (Lipinski definition) is 1. The van der Waals surface area contributed by atoms with E-state index in [4.69, 9.17) is 0 Å². The summed E-state index contributed by atoms with van der Waals surface area (Å²) in [5, 5.41) is 7.94. The third-order valence-corrected chi connectivity index (χ3v) is 3.46. The maximum absolute atomic E-state index is 4.47. The molecule has 0 saturated heterocycles. The van der Waals surface area contributed by atoms with Crippen LogP contribution in [-0.2, 0) is 13.5 Å². The van der Waals surface area contributed by atoms with Crippen LogP contribution < -0.4 is 5.32 Å². The molecule has 0 spiro atoms. The first kappa shape index (κ1) is 13.7. The van der Waals surface area contributed by atoms with Crippen molar-refractivity contribution in [2.45, 2.75) is 33.2 Å². The Kier molecular flexibility index (Phi) is 4.27. The SMILES string of the molecule is CCNC(Cc1c(C)nn(C)c1C)c1cnccn1. The van der Waals surface area contributed by atoms with Crippen molar-refractivity contribution in [2.24, 2.45) is 7.05 Å². The second-order valence-electron chi connectivity index (χ2n) is 4.72. The smallest absolute Gasteiger partial charge is 0.0759 e. The highest BCUT2D eigenvalue weighted by atomic mass is 15.3. The molecule has 0 aliphatic rings. The number of aromatic nitrogens is 4. The van der Waals surface area contributed by atoms with E-state index in [0.29, 0.717) is 0 Å². The first-order valence-electron chi connectivity index (χ1n) is 6.61. The van der Waals surface area contributed by atoms with Crippen molar-refractivity contribution < 1.29 is 0 Å². The summed E-state index contributed by atoms with van der Waals surface area (Å²) in [4.78, 5) is 8.56. The van der Waals surface area contributed by atoms with E-state index in [9.17, 15) is 0 Å². The van der Waals surface area contributed by atoms with Gasteiger partial charge in [0.1, 0.15) is 0 Å². The summed E-state index contributed by atoms with van der Waals surface area (Å²) in [5.41, 5.74) is 4.57. The molecule has 2 heterocycles. The average Bonchev–Trinajstić information content (AvgIpc) is 2.65. The molecule has 1 unspecified atom stereocenters. The van der Waals surface area contributed by atoms with Crippen LogP contribution in [0.2, 0.25) is 0 Å². The minimum Gasteiger partial charge on any atom is -0.309 e. The van der Waals surface area contributed by atoms with Gasteiger partial charge in [-0.2, -0.15) is 5.10 Å². The van der Waals surface area contributed by atoms with Gasteiger partial charge >= 0.3 is 0 Å². The molecule has 0 radical (unpaired) electrons. The van der Waals surface area contributed by atoms with Crippen LogP contribution in [0, 0.1) is 13.8 Å². The van der Waals surface area contributed by atoms with Crippen molar-refractivity contribution in [1.82, 2.24) is 25.1 Å². The topological polar surface area (TPSA) is 55.6 Å². The van der Waals surface area contributed by atoms with Crippen molar-refractivity contribution in [3.05, 3.63) is 41.2 Å². The second-order valence-corrected chi connectivity index (χ2v) is 4.72. The van der Waals surface area contributed by atoms with Gasteiger partial charge in [0.25, 0.3) is 0 Å². The molecule has 2 rings (SSSR count). The Labute approximate surface area is 114 Å². The molecule has 0 bridgehead atoms.